The third kappa shape index (κ3) is 4.72. The highest BCUT2D eigenvalue weighted by Crippen LogP contribution is 2.19. The van der Waals surface area contributed by atoms with E-state index < -0.39 is 0 Å². The maximum absolute atomic E-state index is 12.4. The molecule has 0 radical (unpaired) electrons. The van der Waals surface area contributed by atoms with Crippen LogP contribution in [0.3, 0.4) is 0 Å². The summed E-state index contributed by atoms with van der Waals surface area (Å²) >= 11 is 0. The Bertz CT molecular complexity index is 596. The molecule has 2 amide bonds. The van der Waals surface area contributed by atoms with Crippen LogP contribution in [0.2, 0.25) is 0 Å². The van der Waals surface area contributed by atoms with E-state index in [4.69, 9.17) is 9.47 Å². The molecule has 0 bridgehead atoms. The summed E-state index contributed by atoms with van der Waals surface area (Å²) in [7, 11) is 1.63. The van der Waals surface area contributed by atoms with Crippen molar-refractivity contribution in [2.75, 3.05) is 40.0 Å². The molecule has 1 aromatic carbocycles. The summed E-state index contributed by atoms with van der Waals surface area (Å²) in [6, 6.07) is 7.72. The van der Waals surface area contributed by atoms with E-state index in [1.165, 1.54) is 0 Å². The van der Waals surface area contributed by atoms with Gasteiger partial charge in [-0.2, -0.15) is 0 Å². The molecule has 2 fully saturated rings. The second kappa shape index (κ2) is 8.34. The number of nitrogens with zero attached hydrogens (tertiary/aromatic N) is 2. The van der Waals surface area contributed by atoms with E-state index in [-0.39, 0.29) is 18.4 Å². The third-order valence-electron chi connectivity index (χ3n) is 4.92. The monoisotopic (exact) mass is 346 g/mol. The summed E-state index contributed by atoms with van der Waals surface area (Å²) in [6.07, 6.45) is 2.55. The standard InChI is InChI=1S/C19H26N2O4/c1-24-17-6-4-15(5-7-17)12-20-8-9-21(13-19(20)23)18(22)11-16-3-2-10-25-14-16/h4-7,16H,2-3,8-14H2,1H3/t16-/m1/s1. The molecular formula is C19H26N2O4. The number of hydrogen-bond acceptors (Lipinski definition) is 4. The van der Waals surface area contributed by atoms with E-state index in [9.17, 15) is 9.59 Å². The van der Waals surface area contributed by atoms with Crippen LogP contribution in [-0.2, 0) is 20.9 Å². The zero-order valence-electron chi connectivity index (χ0n) is 14.8. The number of carbonyl (C=O) groups excluding carboxylic acids is 2. The van der Waals surface area contributed by atoms with Gasteiger partial charge in [0, 0.05) is 39.3 Å². The van der Waals surface area contributed by atoms with Gasteiger partial charge >= 0.3 is 0 Å². The molecule has 1 aromatic rings. The van der Waals surface area contributed by atoms with Gasteiger partial charge in [0.15, 0.2) is 0 Å². The van der Waals surface area contributed by atoms with Crippen LogP contribution in [0.4, 0.5) is 0 Å². The number of amides is 2. The average Bonchev–Trinajstić information content (AvgIpc) is 2.65. The minimum absolute atomic E-state index is 0.00955. The first kappa shape index (κ1) is 17.7. The molecule has 0 aromatic heterocycles. The summed E-state index contributed by atoms with van der Waals surface area (Å²) < 4.78 is 10.6. The summed E-state index contributed by atoms with van der Waals surface area (Å²) in [5.74, 6) is 1.19. The van der Waals surface area contributed by atoms with Gasteiger partial charge in [-0.25, -0.2) is 0 Å². The molecule has 2 aliphatic rings. The Hall–Kier alpha value is -2.08. The molecule has 0 N–H and O–H groups in total. The minimum Gasteiger partial charge on any atom is -0.497 e. The maximum atomic E-state index is 12.4. The Morgan fingerprint density at radius 1 is 1.28 bits per heavy atom. The van der Waals surface area contributed by atoms with E-state index in [1.54, 1.807) is 12.0 Å². The molecule has 6 heteroatoms. The van der Waals surface area contributed by atoms with Crippen molar-refractivity contribution in [1.82, 2.24) is 9.80 Å². The summed E-state index contributed by atoms with van der Waals surface area (Å²) in [5.41, 5.74) is 1.06. The van der Waals surface area contributed by atoms with Crippen molar-refractivity contribution >= 4 is 11.8 Å². The lowest BCUT2D eigenvalue weighted by Gasteiger charge is -2.35. The lowest BCUT2D eigenvalue weighted by Crippen LogP contribution is -2.52. The lowest BCUT2D eigenvalue weighted by atomic mass is 9.98. The molecule has 2 saturated heterocycles. The first-order chi connectivity index (χ1) is 12.2. The fraction of sp³-hybridized carbons (Fsp3) is 0.579. The molecular weight excluding hydrogens is 320 g/mol. The van der Waals surface area contributed by atoms with Gasteiger partial charge in [-0.1, -0.05) is 12.1 Å². The SMILES string of the molecule is COc1ccc(CN2CCN(C(=O)C[C@H]3CCCOC3)CC2=O)cc1. The highest BCUT2D eigenvalue weighted by Gasteiger charge is 2.28. The number of hydrogen-bond donors (Lipinski definition) is 0. The van der Waals surface area contributed by atoms with Gasteiger partial charge in [0.05, 0.1) is 13.7 Å². The number of carbonyl (C=O) groups is 2. The zero-order chi connectivity index (χ0) is 17.6. The van der Waals surface area contributed by atoms with Crippen molar-refractivity contribution in [3.63, 3.8) is 0 Å². The van der Waals surface area contributed by atoms with E-state index in [2.05, 4.69) is 0 Å². The number of rotatable bonds is 5. The second-order valence-corrected chi connectivity index (χ2v) is 6.77. The Morgan fingerprint density at radius 3 is 2.72 bits per heavy atom. The average molecular weight is 346 g/mol. The quantitative estimate of drug-likeness (QED) is 0.814. The van der Waals surface area contributed by atoms with Gasteiger partial charge in [-0.3, -0.25) is 9.59 Å². The molecule has 6 nitrogen and oxygen atoms in total. The predicted octanol–water partition coefficient (Wildman–Crippen LogP) is 1.68. The normalized spacial score (nSPS) is 21.3. The van der Waals surface area contributed by atoms with Gasteiger partial charge in [-0.15, -0.1) is 0 Å². The van der Waals surface area contributed by atoms with E-state index in [1.807, 2.05) is 29.2 Å². The smallest absolute Gasteiger partial charge is 0.242 e. The Morgan fingerprint density at radius 2 is 2.08 bits per heavy atom. The van der Waals surface area contributed by atoms with Gasteiger partial charge in [-0.05, 0) is 36.5 Å². The van der Waals surface area contributed by atoms with Gasteiger partial charge < -0.3 is 19.3 Å². The number of ether oxygens (including phenoxy) is 2. The van der Waals surface area contributed by atoms with Crippen molar-refractivity contribution in [2.45, 2.75) is 25.8 Å². The largest absolute Gasteiger partial charge is 0.497 e. The first-order valence-corrected chi connectivity index (χ1v) is 8.92. The maximum Gasteiger partial charge on any atom is 0.242 e. The number of benzene rings is 1. The molecule has 2 heterocycles. The minimum atomic E-state index is 0.00955. The topological polar surface area (TPSA) is 59.1 Å². The molecule has 0 spiro atoms. The van der Waals surface area contributed by atoms with Crippen molar-refractivity contribution in [3.05, 3.63) is 29.8 Å². The molecule has 0 saturated carbocycles. The summed E-state index contributed by atoms with van der Waals surface area (Å²) in [6.45, 7) is 3.40. The molecule has 2 aliphatic heterocycles. The Balaban J connectivity index is 1.49. The highest BCUT2D eigenvalue weighted by atomic mass is 16.5. The van der Waals surface area contributed by atoms with Crippen molar-refractivity contribution in [1.29, 1.82) is 0 Å². The van der Waals surface area contributed by atoms with Crippen molar-refractivity contribution < 1.29 is 19.1 Å². The zero-order valence-corrected chi connectivity index (χ0v) is 14.8. The number of piperazine rings is 1. The third-order valence-corrected chi connectivity index (χ3v) is 4.92. The first-order valence-electron chi connectivity index (χ1n) is 8.92. The van der Waals surface area contributed by atoms with Crippen LogP contribution in [0.15, 0.2) is 24.3 Å². The van der Waals surface area contributed by atoms with Crippen LogP contribution >= 0.6 is 0 Å². The van der Waals surface area contributed by atoms with E-state index >= 15 is 0 Å². The Kier molecular flexibility index (Phi) is 5.91. The molecule has 25 heavy (non-hydrogen) atoms. The molecule has 0 aliphatic carbocycles. The molecule has 1 atom stereocenters. The highest BCUT2D eigenvalue weighted by molar-refractivity contribution is 5.86. The van der Waals surface area contributed by atoms with Crippen LogP contribution in [0.5, 0.6) is 5.75 Å². The van der Waals surface area contributed by atoms with Crippen LogP contribution < -0.4 is 4.74 Å². The summed E-state index contributed by atoms with van der Waals surface area (Å²) in [5, 5.41) is 0. The molecule has 3 rings (SSSR count). The van der Waals surface area contributed by atoms with Crippen LogP contribution in [0.1, 0.15) is 24.8 Å². The van der Waals surface area contributed by atoms with Gasteiger partial charge in [0.2, 0.25) is 11.8 Å². The van der Waals surface area contributed by atoms with E-state index in [0.717, 1.165) is 30.8 Å². The summed E-state index contributed by atoms with van der Waals surface area (Å²) in [4.78, 5) is 28.4. The van der Waals surface area contributed by atoms with Crippen LogP contribution in [0, 0.1) is 5.92 Å². The lowest BCUT2D eigenvalue weighted by molar-refractivity contribution is -0.146. The Labute approximate surface area is 148 Å². The molecule has 0 unspecified atom stereocenters. The van der Waals surface area contributed by atoms with Crippen molar-refractivity contribution in [2.24, 2.45) is 5.92 Å². The van der Waals surface area contributed by atoms with Crippen molar-refractivity contribution in [3.8, 4) is 5.75 Å². The van der Waals surface area contributed by atoms with Crippen LogP contribution in [-0.4, -0.2) is 61.6 Å². The van der Waals surface area contributed by atoms with Gasteiger partial charge in [0.25, 0.3) is 0 Å². The second-order valence-electron chi connectivity index (χ2n) is 6.77. The fourth-order valence-corrected chi connectivity index (χ4v) is 3.38. The predicted molar refractivity (Wildman–Crippen MR) is 93.2 cm³/mol. The van der Waals surface area contributed by atoms with Crippen LogP contribution in [0.25, 0.3) is 0 Å². The number of methoxy groups -OCH3 is 1. The van der Waals surface area contributed by atoms with Gasteiger partial charge in [0.1, 0.15) is 5.75 Å². The molecule has 136 valence electrons. The van der Waals surface area contributed by atoms with E-state index in [0.29, 0.717) is 38.6 Å². The fourth-order valence-electron chi connectivity index (χ4n) is 3.38.